The quantitative estimate of drug-likeness (QED) is 0.887. The van der Waals surface area contributed by atoms with Gasteiger partial charge in [-0.2, -0.15) is 0 Å². The van der Waals surface area contributed by atoms with Gasteiger partial charge in [-0.05, 0) is 30.7 Å². The molecule has 0 amide bonds. The summed E-state index contributed by atoms with van der Waals surface area (Å²) in [4.78, 5) is 0. The van der Waals surface area contributed by atoms with E-state index in [1.54, 1.807) is 26.4 Å². The number of rotatable bonds is 5. The molecule has 0 radical (unpaired) electrons. The lowest BCUT2D eigenvalue weighted by atomic mass is 10.1. The molecule has 0 aliphatic rings. The van der Waals surface area contributed by atoms with Gasteiger partial charge in [0.25, 0.3) is 0 Å². The molecule has 0 unspecified atom stereocenters. The fourth-order valence-corrected chi connectivity index (χ4v) is 2.29. The summed E-state index contributed by atoms with van der Waals surface area (Å²) < 4.78 is 24.3. The Morgan fingerprint density at radius 2 is 1.81 bits per heavy atom. The van der Waals surface area contributed by atoms with Crippen LogP contribution in [0, 0.1) is 12.7 Å². The van der Waals surface area contributed by atoms with Crippen LogP contribution in [0.1, 0.15) is 11.1 Å². The van der Waals surface area contributed by atoms with Gasteiger partial charge in [-0.15, -0.1) is 0 Å². The van der Waals surface area contributed by atoms with E-state index in [0.29, 0.717) is 28.6 Å². The van der Waals surface area contributed by atoms with E-state index >= 15 is 0 Å². The maximum Gasteiger partial charge on any atom is 0.162 e. The van der Waals surface area contributed by atoms with Crippen LogP contribution in [0.4, 0.5) is 10.1 Å². The highest BCUT2D eigenvalue weighted by atomic mass is 35.5. The predicted octanol–water partition coefficient (Wildman–Crippen LogP) is 4.42. The summed E-state index contributed by atoms with van der Waals surface area (Å²) in [6.07, 6.45) is 0. The maximum absolute atomic E-state index is 13.7. The van der Waals surface area contributed by atoms with E-state index < -0.39 is 0 Å². The first-order valence-electron chi connectivity index (χ1n) is 6.46. The van der Waals surface area contributed by atoms with Crippen LogP contribution in [0.15, 0.2) is 30.3 Å². The second kappa shape index (κ2) is 6.68. The SMILES string of the molecule is COc1cc(C)c(NCc2c(F)cccc2Cl)cc1OC. The number of halogens is 2. The normalized spacial score (nSPS) is 10.3. The van der Waals surface area contributed by atoms with Crippen LogP contribution in [0.3, 0.4) is 0 Å². The Morgan fingerprint density at radius 3 is 2.43 bits per heavy atom. The molecule has 5 heteroatoms. The van der Waals surface area contributed by atoms with Gasteiger partial charge in [0.15, 0.2) is 11.5 Å². The van der Waals surface area contributed by atoms with Crippen molar-refractivity contribution in [3.63, 3.8) is 0 Å². The van der Waals surface area contributed by atoms with Gasteiger partial charge in [-0.25, -0.2) is 4.39 Å². The standard InChI is InChI=1S/C16H17ClFNO2/c1-10-7-15(20-2)16(21-3)8-14(10)19-9-11-12(17)5-4-6-13(11)18/h4-8,19H,9H2,1-3H3. The van der Waals surface area contributed by atoms with Crippen molar-refractivity contribution in [1.82, 2.24) is 0 Å². The lowest BCUT2D eigenvalue weighted by Gasteiger charge is -2.15. The third-order valence-corrected chi connectivity index (χ3v) is 3.60. The zero-order valence-electron chi connectivity index (χ0n) is 12.2. The van der Waals surface area contributed by atoms with Crippen molar-refractivity contribution in [3.05, 3.63) is 52.3 Å². The summed E-state index contributed by atoms with van der Waals surface area (Å²) in [5.41, 5.74) is 2.25. The summed E-state index contributed by atoms with van der Waals surface area (Å²) in [7, 11) is 3.16. The second-order valence-corrected chi connectivity index (χ2v) is 4.98. The van der Waals surface area contributed by atoms with E-state index in [-0.39, 0.29) is 5.82 Å². The second-order valence-electron chi connectivity index (χ2n) is 4.58. The number of ether oxygens (including phenoxy) is 2. The summed E-state index contributed by atoms with van der Waals surface area (Å²) in [5.74, 6) is 0.947. The Labute approximate surface area is 128 Å². The van der Waals surface area contributed by atoms with E-state index in [1.165, 1.54) is 6.07 Å². The first-order chi connectivity index (χ1) is 10.1. The van der Waals surface area contributed by atoms with E-state index in [9.17, 15) is 4.39 Å². The van der Waals surface area contributed by atoms with Crippen molar-refractivity contribution in [2.45, 2.75) is 13.5 Å². The molecule has 2 aromatic carbocycles. The first-order valence-corrected chi connectivity index (χ1v) is 6.84. The van der Waals surface area contributed by atoms with Gasteiger partial charge in [-0.3, -0.25) is 0 Å². The van der Waals surface area contributed by atoms with E-state index in [1.807, 2.05) is 19.1 Å². The van der Waals surface area contributed by atoms with Crippen molar-refractivity contribution in [2.24, 2.45) is 0 Å². The Morgan fingerprint density at radius 1 is 1.14 bits per heavy atom. The van der Waals surface area contributed by atoms with Gasteiger partial charge in [0.2, 0.25) is 0 Å². The van der Waals surface area contributed by atoms with E-state index in [2.05, 4.69) is 5.32 Å². The molecule has 0 aliphatic carbocycles. The molecular formula is C16H17ClFNO2. The number of hydrogen-bond donors (Lipinski definition) is 1. The van der Waals surface area contributed by atoms with Gasteiger partial charge in [0.05, 0.1) is 14.2 Å². The lowest BCUT2D eigenvalue weighted by molar-refractivity contribution is 0.355. The highest BCUT2D eigenvalue weighted by Gasteiger charge is 2.10. The Hall–Kier alpha value is -1.94. The van der Waals surface area contributed by atoms with Crippen LogP contribution in [0.2, 0.25) is 5.02 Å². The molecule has 21 heavy (non-hydrogen) atoms. The van der Waals surface area contributed by atoms with Crippen LogP contribution in [-0.2, 0) is 6.54 Å². The van der Waals surface area contributed by atoms with Gasteiger partial charge in [0, 0.05) is 28.9 Å². The fourth-order valence-electron chi connectivity index (χ4n) is 2.06. The number of methoxy groups -OCH3 is 2. The fraction of sp³-hybridized carbons (Fsp3) is 0.250. The number of aryl methyl sites for hydroxylation is 1. The molecule has 0 atom stereocenters. The third kappa shape index (κ3) is 3.39. The third-order valence-electron chi connectivity index (χ3n) is 3.25. The summed E-state index contributed by atoms with van der Waals surface area (Å²) in [6.45, 7) is 2.23. The number of hydrogen-bond acceptors (Lipinski definition) is 3. The zero-order valence-corrected chi connectivity index (χ0v) is 12.9. The van der Waals surface area contributed by atoms with Gasteiger partial charge < -0.3 is 14.8 Å². The van der Waals surface area contributed by atoms with Crippen LogP contribution in [-0.4, -0.2) is 14.2 Å². The molecule has 3 nitrogen and oxygen atoms in total. The van der Waals surface area contributed by atoms with Crippen molar-refractivity contribution >= 4 is 17.3 Å². The van der Waals surface area contributed by atoms with Crippen LogP contribution in [0.25, 0.3) is 0 Å². The molecule has 112 valence electrons. The van der Waals surface area contributed by atoms with Gasteiger partial charge in [0.1, 0.15) is 5.82 Å². The van der Waals surface area contributed by atoms with E-state index in [4.69, 9.17) is 21.1 Å². The average Bonchev–Trinajstić information content (AvgIpc) is 2.47. The van der Waals surface area contributed by atoms with Crippen LogP contribution < -0.4 is 14.8 Å². The topological polar surface area (TPSA) is 30.5 Å². The van der Waals surface area contributed by atoms with Crippen molar-refractivity contribution in [2.75, 3.05) is 19.5 Å². The molecule has 0 aromatic heterocycles. The molecular weight excluding hydrogens is 293 g/mol. The van der Waals surface area contributed by atoms with Crippen LogP contribution in [0.5, 0.6) is 11.5 Å². The molecule has 0 saturated heterocycles. The molecule has 1 N–H and O–H groups in total. The van der Waals surface area contributed by atoms with E-state index in [0.717, 1.165) is 11.3 Å². The molecule has 0 bridgehead atoms. The minimum atomic E-state index is -0.326. The van der Waals surface area contributed by atoms with Crippen molar-refractivity contribution in [3.8, 4) is 11.5 Å². The number of benzene rings is 2. The Balaban J connectivity index is 2.24. The maximum atomic E-state index is 13.7. The highest BCUT2D eigenvalue weighted by Crippen LogP contribution is 2.33. The Kier molecular flexibility index (Phi) is 4.91. The number of anilines is 1. The molecule has 0 aliphatic heterocycles. The summed E-state index contributed by atoms with van der Waals surface area (Å²) in [5, 5.41) is 3.58. The molecule has 0 saturated carbocycles. The predicted molar refractivity (Wildman–Crippen MR) is 83.0 cm³/mol. The van der Waals surface area contributed by atoms with Crippen LogP contribution >= 0.6 is 11.6 Å². The van der Waals surface area contributed by atoms with Crippen molar-refractivity contribution in [1.29, 1.82) is 0 Å². The van der Waals surface area contributed by atoms with Gasteiger partial charge in [-0.1, -0.05) is 17.7 Å². The molecule has 2 rings (SSSR count). The summed E-state index contributed by atoms with van der Waals surface area (Å²) in [6, 6.07) is 8.34. The monoisotopic (exact) mass is 309 g/mol. The average molecular weight is 310 g/mol. The largest absolute Gasteiger partial charge is 0.493 e. The molecule has 0 spiro atoms. The zero-order chi connectivity index (χ0) is 15.4. The molecule has 2 aromatic rings. The molecule has 0 fully saturated rings. The summed E-state index contributed by atoms with van der Waals surface area (Å²) >= 11 is 6.02. The number of nitrogens with one attached hydrogen (secondary N) is 1. The van der Waals surface area contributed by atoms with Gasteiger partial charge >= 0.3 is 0 Å². The minimum Gasteiger partial charge on any atom is -0.493 e. The van der Waals surface area contributed by atoms with Crippen molar-refractivity contribution < 1.29 is 13.9 Å². The highest BCUT2D eigenvalue weighted by molar-refractivity contribution is 6.31. The minimum absolute atomic E-state index is 0.293. The first kappa shape index (κ1) is 15.4. The molecule has 0 heterocycles. The smallest absolute Gasteiger partial charge is 0.162 e. The lowest BCUT2D eigenvalue weighted by Crippen LogP contribution is -2.04. The Bertz CT molecular complexity index is 626.